The average molecular weight is 412 g/mol. The molecule has 0 aliphatic heterocycles. The van der Waals surface area contributed by atoms with Crippen LogP contribution >= 0.6 is 11.3 Å². The Balaban J connectivity index is 1.48. The summed E-state index contributed by atoms with van der Waals surface area (Å²) in [6.07, 6.45) is 0. The van der Waals surface area contributed by atoms with Gasteiger partial charge in [-0.1, -0.05) is 50.2 Å². The summed E-state index contributed by atoms with van der Waals surface area (Å²) in [6, 6.07) is 22.7. The molecular formula is C24H21N5S. The SMILES string of the molecule is CC(C)c1ccc(Nc2nnc(Nc3ccc4ncsc4c3)c3ccccc23)cc1. The van der Waals surface area contributed by atoms with E-state index in [9.17, 15) is 0 Å². The predicted molar refractivity (Wildman–Crippen MR) is 126 cm³/mol. The molecule has 3 aromatic carbocycles. The van der Waals surface area contributed by atoms with Crippen molar-refractivity contribution in [2.45, 2.75) is 19.8 Å². The Bertz CT molecular complexity index is 1320. The molecule has 0 fully saturated rings. The smallest absolute Gasteiger partial charge is 0.161 e. The first-order chi connectivity index (χ1) is 14.7. The summed E-state index contributed by atoms with van der Waals surface area (Å²) in [6.45, 7) is 4.39. The number of nitrogens with zero attached hydrogens (tertiary/aromatic N) is 3. The number of hydrogen-bond acceptors (Lipinski definition) is 6. The van der Waals surface area contributed by atoms with E-state index in [0.717, 1.165) is 44.0 Å². The lowest BCUT2D eigenvalue weighted by Crippen LogP contribution is -2.02. The molecule has 0 atom stereocenters. The van der Waals surface area contributed by atoms with Crippen molar-refractivity contribution >= 4 is 55.3 Å². The zero-order valence-corrected chi connectivity index (χ0v) is 17.6. The van der Waals surface area contributed by atoms with E-state index >= 15 is 0 Å². The van der Waals surface area contributed by atoms with Gasteiger partial charge in [0, 0.05) is 22.1 Å². The van der Waals surface area contributed by atoms with Gasteiger partial charge in [0.2, 0.25) is 0 Å². The molecule has 0 unspecified atom stereocenters. The van der Waals surface area contributed by atoms with Gasteiger partial charge in [0.25, 0.3) is 0 Å². The van der Waals surface area contributed by atoms with Crippen LogP contribution in [-0.4, -0.2) is 15.2 Å². The summed E-state index contributed by atoms with van der Waals surface area (Å²) in [4.78, 5) is 4.34. The van der Waals surface area contributed by atoms with E-state index in [1.807, 2.05) is 29.8 Å². The van der Waals surface area contributed by atoms with Crippen LogP contribution in [0.1, 0.15) is 25.3 Å². The van der Waals surface area contributed by atoms with Crippen LogP contribution in [0.15, 0.2) is 72.2 Å². The number of aromatic nitrogens is 3. The number of anilines is 4. The van der Waals surface area contributed by atoms with Crippen LogP contribution in [0.5, 0.6) is 0 Å². The van der Waals surface area contributed by atoms with Crippen molar-refractivity contribution in [2.75, 3.05) is 10.6 Å². The van der Waals surface area contributed by atoms with E-state index < -0.39 is 0 Å². The molecule has 2 N–H and O–H groups in total. The maximum Gasteiger partial charge on any atom is 0.161 e. The second kappa shape index (κ2) is 7.72. The fourth-order valence-corrected chi connectivity index (χ4v) is 4.16. The lowest BCUT2D eigenvalue weighted by atomic mass is 10.0. The molecular weight excluding hydrogens is 390 g/mol. The van der Waals surface area contributed by atoms with Gasteiger partial charge in [0.1, 0.15) is 0 Å². The maximum atomic E-state index is 4.48. The van der Waals surface area contributed by atoms with E-state index in [1.165, 1.54) is 5.56 Å². The largest absolute Gasteiger partial charge is 0.338 e. The number of hydrogen-bond donors (Lipinski definition) is 2. The molecule has 0 spiro atoms. The summed E-state index contributed by atoms with van der Waals surface area (Å²) >= 11 is 1.62. The van der Waals surface area contributed by atoms with Crippen LogP contribution < -0.4 is 10.6 Å². The minimum Gasteiger partial charge on any atom is -0.338 e. The Morgan fingerprint density at radius 3 is 2.07 bits per heavy atom. The van der Waals surface area contributed by atoms with Gasteiger partial charge in [-0.25, -0.2) is 4.98 Å². The molecule has 5 nitrogen and oxygen atoms in total. The molecule has 0 radical (unpaired) electrons. The van der Waals surface area contributed by atoms with Gasteiger partial charge in [-0.3, -0.25) is 0 Å². The topological polar surface area (TPSA) is 62.7 Å². The van der Waals surface area contributed by atoms with Crippen LogP contribution in [0.3, 0.4) is 0 Å². The number of thiazole rings is 1. The standard InChI is InChI=1S/C24H21N5S/c1-15(2)16-7-9-17(10-8-16)26-23-19-5-3-4-6-20(19)24(29-28-23)27-18-11-12-21-22(13-18)30-14-25-21/h3-15H,1-2H3,(H,26,28)(H,27,29). The van der Waals surface area contributed by atoms with Crippen molar-refractivity contribution in [3.63, 3.8) is 0 Å². The molecule has 2 heterocycles. The van der Waals surface area contributed by atoms with Crippen LogP contribution in [-0.2, 0) is 0 Å². The number of nitrogens with one attached hydrogen (secondary N) is 2. The van der Waals surface area contributed by atoms with Gasteiger partial charge < -0.3 is 10.6 Å². The minimum atomic E-state index is 0.509. The molecule has 0 saturated carbocycles. The molecule has 6 heteroatoms. The first-order valence-corrected chi connectivity index (χ1v) is 10.8. The highest BCUT2D eigenvalue weighted by molar-refractivity contribution is 7.16. The number of fused-ring (bicyclic) bond motifs is 2. The van der Waals surface area contributed by atoms with Gasteiger partial charge >= 0.3 is 0 Å². The lowest BCUT2D eigenvalue weighted by Gasteiger charge is -2.13. The molecule has 0 bridgehead atoms. The van der Waals surface area contributed by atoms with Crippen molar-refractivity contribution in [3.05, 3.63) is 77.8 Å². The average Bonchev–Trinajstić information content (AvgIpc) is 3.24. The van der Waals surface area contributed by atoms with Crippen molar-refractivity contribution in [1.29, 1.82) is 0 Å². The first-order valence-electron chi connectivity index (χ1n) is 9.90. The van der Waals surface area contributed by atoms with Crippen molar-refractivity contribution < 1.29 is 0 Å². The molecule has 0 amide bonds. The van der Waals surface area contributed by atoms with Crippen LogP contribution in [0.25, 0.3) is 21.0 Å². The van der Waals surface area contributed by atoms with Gasteiger partial charge in [-0.15, -0.1) is 21.5 Å². The highest BCUT2D eigenvalue weighted by Crippen LogP contribution is 2.31. The van der Waals surface area contributed by atoms with E-state index in [4.69, 9.17) is 0 Å². The highest BCUT2D eigenvalue weighted by atomic mass is 32.1. The molecule has 0 aliphatic rings. The van der Waals surface area contributed by atoms with Gasteiger partial charge in [0.15, 0.2) is 11.6 Å². The summed E-state index contributed by atoms with van der Waals surface area (Å²) in [5, 5.41) is 17.8. The van der Waals surface area contributed by atoms with Gasteiger partial charge in [-0.05, 0) is 41.8 Å². The molecule has 2 aromatic heterocycles. The minimum absolute atomic E-state index is 0.509. The fourth-order valence-electron chi connectivity index (χ4n) is 3.45. The number of benzene rings is 3. The van der Waals surface area contributed by atoms with Gasteiger partial charge in [-0.2, -0.15) is 0 Å². The molecule has 30 heavy (non-hydrogen) atoms. The van der Waals surface area contributed by atoms with E-state index in [-0.39, 0.29) is 0 Å². The van der Waals surface area contributed by atoms with Crippen molar-refractivity contribution in [1.82, 2.24) is 15.2 Å². The van der Waals surface area contributed by atoms with Crippen LogP contribution in [0.2, 0.25) is 0 Å². The Labute approximate surface area is 178 Å². The first kappa shape index (κ1) is 18.5. The van der Waals surface area contributed by atoms with Crippen LogP contribution in [0.4, 0.5) is 23.0 Å². The molecule has 5 aromatic rings. The van der Waals surface area contributed by atoms with Crippen molar-refractivity contribution in [2.24, 2.45) is 0 Å². The van der Waals surface area contributed by atoms with E-state index in [1.54, 1.807) is 11.3 Å². The maximum absolute atomic E-state index is 4.48. The molecule has 148 valence electrons. The zero-order valence-electron chi connectivity index (χ0n) is 16.8. The number of rotatable bonds is 5. The van der Waals surface area contributed by atoms with Crippen LogP contribution in [0, 0.1) is 0 Å². The highest BCUT2D eigenvalue weighted by Gasteiger charge is 2.10. The summed E-state index contributed by atoms with van der Waals surface area (Å²) in [7, 11) is 0. The quantitative estimate of drug-likeness (QED) is 0.331. The monoisotopic (exact) mass is 411 g/mol. The second-order valence-electron chi connectivity index (χ2n) is 7.50. The Morgan fingerprint density at radius 1 is 0.767 bits per heavy atom. The summed E-state index contributed by atoms with van der Waals surface area (Å²) in [5.41, 5.74) is 6.14. The fraction of sp³-hybridized carbons (Fsp3) is 0.125. The lowest BCUT2D eigenvalue weighted by molar-refractivity contribution is 0.867. The second-order valence-corrected chi connectivity index (χ2v) is 8.39. The Kier molecular flexibility index (Phi) is 4.77. The van der Waals surface area contributed by atoms with Gasteiger partial charge in [0.05, 0.1) is 15.7 Å². The summed E-state index contributed by atoms with van der Waals surface area (Å²) < 4.78 is 1.14. The Hall–Kier alpha value is -3.51. The molecule has 0 saturated heterocycles. The normalized spacial score (nSPS) is 11.3. The van der Waals surface area contributed by atoms with Crippen molar-refractivity contribution in [3.8, 4) is 0 Å². The molecule has 5 rings (SSSR count). The summed E-state index contributed by atoms with van der Waals surface area (Å²) in [5.74, 6) is 1.98. The molecule has 0 aliphatic carbocycles. The van der Waals surface area contributed by atoms with E-state index in [0.29, 0.717) is 5.92 Å². The van der Waals surface area contributed by atoms with E-state index in [2.05, 4.69) is 82.1 Å². The zero-order chi connectivity index (χ0) is 20.5. The third kappa shape index (κ3) is 3.57. The predicted octanol–water partition coefficient (Wildman–Crippen LogP) is 6.85. The third-order valence-corrected chi connectivity index (χ3v) is 5.91. The Morgan fingerprint density at radius 2 is 1.40 bits per heavy atom. The third-order valence-electron chi connectivity index (χ3n) is 5.12.